The van der Waals surface area contributed by atoms with Gasteiger partial charge in [0.05, 0.1) is 5.92 Å². The number of urea groups is 1. The zero-order valence-corrected chi connectivity index (χ0v) is 12.2. The molecular formula is C13H23N3O4. The van der Waals surface area contributed by atoms with Crippen LogP contribution in [0.15, 0.2) is 0 Å². The Morgan fingerprint density at radius 3 is 2.25 bits per heavy atom. The maximum atomic E-state index is 12.2. The maximum absolute atomic E-state index is 12.2. The van der Waals surface area contributed by atoms with Crippen LogP contribution in [-0.4, -0.2) is 59.0 Å². The lowest BCUT2D eigenvalue weighted by Crippen LogP contribution is -2.58. The Balaban J connectivity index is 2.55. The number of carboxylic acid groups (broad SMARTS) is 1. The van der Waals surface area contributed by atoms with Gasteiger partial charge in [0.2, 0.25) is 5.91 Å². The molecule has 1 heterocycles. The third kappa shape index (κ3) is 4.11. The van der Waals surface area contributed by atoms with Gasteiger partial charge >= 0.3 is 12.0 Å². The standard InChI is InChI=1S/C13H23N3O4/c1-8(2)4-15(7-11(14)17)13(20)16-5-10(6-16)9(3)12(18)19/h8-10H,4-7H2,1-3H3,(H2,14,17)(H,18,19). The number of primary amides is 1. The number of nitrogens with two attached hydrogens (primary N) is 1. The Morgan fingerprint density at radius 2 is 1.85 bits per heavy atom. The summed E-state index contributed by atoms with van der Waals surface area (Å²) in [6, 6.07) is -0.244. The van der Waals surface area contributed by atoms with Crippen molar-refractivity contribution in [1.82, 2.24) is 9.80 Å². The smallest absolute Gasteiger partial charge is 0.320 e. The van der Waals surface area contributed by atoms with Crippen molar-refractivity contribution >= 4 is 17.9 Å². The minimum Gasteiger partial charge on any atom is -0.481 e. The maximum Gasteiger partial charge on any atom is 0.320 e. The zero-order chi connectivity index (χ0) is 15.4. The summed E-state index contributed by atoms with van der Waals surface area (Å²) in [6.07, 6.45) is 0. The molecule has 0 aromatic rings. The second-order valence-corrected chi connectivity index (χ2v) is 5.82. The highest BCUT2D eigenvalue weighted by molar-refractivity contribution is 5.83. The topological polar surface area (TPSA) is 104 Å². The molecule has 0 saturated carbocycles. The molecule has 0 radical (unpaired) electrons. The molecule has 1 fully saturated rings. The van der Waals surface area contributed by atoms with Crippen molar-refractivity contribution in [2.45, 2.75) is 20.8 Å². The third-order valence-corrected chi connectivity index (χ3v) is 3.48. The molecule has 114 valence electrons. The SMILES string of the molecule is CC(C)CN(CC(N)=O)C(=O)N1CC(C(C)C(=O)O)C1. The fourth-order valence-electron chi connectivity index (χ4n) is 2.23. The normalized spacial score (nSPS) is 16.7. The molecule has 0 aromatic heterocycles. The quantitative estimate of drug-likeness (QED) is 0.727. The van der Waals surface area contributed by atoms with Crippen LogP contribution in [0.4, 0.5) is 4.79 Å². The highest BCUT2D eigenvalue weighted by atomic mass is 16.4. The first-order valence-electron chi connectivity index (χ1n) is 6.77. The summed E-state index contributed by atoms with van der Waals surface area (Å²) in [6.45, 7) is 6.73. The zero-order valence-electron chi connectivity index (χ0n) is 12.2. The van der Waals surface area contributed by atoms with Crippen molar-refractivity contribution in [2.24, 2.45) is 23.5 Å². The Hall–Kier alpha value is -1.79. The van der Waals surface area contributed by atoms with Crippen LogP contribution in [0.3, 0.4) is 0 Å². The predicted molar refractivity (Wildman–Crippen MR) is 72.9 cm³/mol. The number of carbonyl (C=O) groups excluding carboxylic acids is 2. The largest absolute Gasteiger partial charge is 0.481 e. The Bertz CT molecular complexity index is 391. The van der Waals surface area contributed by atoms with Gasteiger partial charge in [0.25, 0.3) is 0 Å². The van der Waals surface area contributed by atoms with E-state index in [2.05, 4.69) is 0 Å². The second-order valence-electron chi connectivity index (χ2n) is 5.82. The number of aliphatic carboxylic acids is 1. The van der Waals surface area contributed by atoms with Crippen LogP contribution in [0.25, 0.3) is 0 Å². The summed E-state index contributed by atoms with van der Waals surface area (Å²) in [7, 11) is 0. The molecule has 1 aliphatic rings. The van der Waals surface area contributed by atoms with Gasteiger partial charge < -0.3 is 20.6 Å². The number of nitrogens with zero attached hydrogens (tertiary/aromatic N) is 2. The van der Waals surface area contributed by atoms with Crippen molar-refractivity contribution in [3.8, 4) is 0 Å². The van der Waals surface area contributed by atoms with Crippen LogP contribution in [-0.2, 0) is 9.59 Å². The van der Waals surface area contributed by atoms with Crippen molar-refractivity contribution in [3.63, 3.8) is 0 Å². The first kappa shape index (κ1) is 16.3. The number of carbonyl (C=O) groups is 3. The average molecular weight is 285 g/mol. The van der Waals surface area contributed by atoms with E-state index in [1.54, 1.807) is 11.8 Å². The molecule has 0 aromatic carbocycles. The van der Waals surface area contributed by atoms with Crippen molar-refractivity contribution < 1.29 is 19.5 Å². The van der Waals surface area contributed by atoms with Gasteiger partial charge in [-0.15, -0.1) is 0 Å². The van der Waals surface area contributed by atoms with E-state index in [0.29, 0.717) is 19.6 Å². The molecule has 1 unspecified atom stereocenters. The molecule has 1 aliphatic heterocycles. The van der Waals surface area contributed by atoms with E-state index in [1.165, 1.54) is 4.90 Å². The first-order valence-corrected chi connectivity index (χ1v) is 6.77. The highest BCUT2D eigenvalue weighted by Crippen LogP contribution is 2.25. The van der Waals surface area contributed by atoms with Crippen LogP contribution >= 0.6 is 0 Å². The summed E-state index contributed by atoms with van der Waals surface area (Å²) < 4.78 is 0. The Kier molecular flexibility index (Phi) is 5.35. The van der Waals surface area contributed by atoms with Gasteiger partial charge in [-0.2, -0.15) is 0 Å². The number of hydrogen-bond acceptors (Lipinski definition) is 3. The van der Waals surface area contributed by atoms with Gasteiger partial charge in [0.1, 0.15) is 6.54 Å². The molecule has 3 N–H and O–H groups in total. The molecule has 3 amide bonds. The van der Waals surface area contributed by atoms with E-state index in [1.807, 2.05) is 13.8 Å². The number of amides is 3. The fraction of sp³-hybridized carbons (Fsp3) is 0.769. The van der Waals surface area contributed by atoms with Gasteiger partial charge in [0.15, 0.2) is 0 Å². The molecule has 0 bridgehead atoms. The molecule has 7 heteroatoms. The van der Waals surface area contributed by atoms with Gasteiger partial charge in [-0.1, -0.05) is 20.8 Å². The van der Waals surface area contributed by atoms with Gasteiger partial charge in [0, 0.05) is 25.6 Å². The second kappa shape index (κ2) is 6.58. The number of carboxylic acids is 1. The van der Waals surface area contributed by atoms with Gasteiger partial charge in [-0.25, -0.2) is 4.79 Å². The van der Waals surface area contributed by atoms with E-state index in [0.717, 1.165) is 0 Å². The van der Waals surface area contributed by atoms with Gasteiger partial charge in [-0.3, -0.25) is 9.59 Å². The van der Waals surface area contributed by atoms with E-state index in [-0.39, 0.29) is 24.4 Å². The minimum absolute atomic E-state index is 0.0223. The van der Waals surface area contributed by atoms with E-state index >= 15 is 0 Å². The van der Waals surface area contributed by atoms with Crippen molar-refractivity contribution in [2.75, 3.05) is 26.2 Å². The number of rotatable bonds is 6. The third-order valence-electron chi connectivity index (χ3n) is 3.48. The van der Waals surface area contributed by atoms with E-state index in [4.69, 9.17) is 10.8 Å². The van der Waals surface area contributed by atoms with E-state index < -0.39 is 17.8 Å². The van der Waals surface area contributed by atoms with Crippen molar-refractivity contribution in [1.29, 1.82) is 0 Å². The Labute approximate surface area is 118 Å². The molecule has 0 spiro atoms. The molecule has 0 aliphatic carbocycles. The van der Waals surface area contributed by atoms with Crippen LogP contribution in [0.1, 0.15) is 20.8 Å². The molecule has 7 nitrogen and oxygen atoms in total. The summed E-state index contributed by atoms with van der Waals surface area (Å²) in [5, 5.41) is 8.91. The fourth-order valence-corrected chi connectivity index (χ4v) is 2.23. The van der Waals surface area contributed by atoms with Crippen LogP contribution in [0.2, 0.25) is 0 Å². The summed E-state index contributed by atoms with van der Waals surface area (Å²) in [5.74, 6) is -1.65. The minimum atomic E-state index is -0.849. The highest BCUT2D eigenvalue weighted by Gasteiger charge is 2.38. The lowest BCUT2D eigenvalue weighted by atomic mass is 9.87. The summed E-state index contributed by atoms with van der Waals surface area (Å²) in [5.41, 5.74) is 5.15. The first-order chi connectivity index (χ1) is 9.22. The number of hydrogen-bond donors (Lipinski definition) is 2. The lowest BCUT2D eigenvalue weighted by molar-refractivity contribution is -0.144. The van der Waals surface area contributed by atoms with Crippen LogP contribution in [0.5, 0.6) is 0 Å². The van der Waals surface area contributed by atoms with Crippen molar-refractivity contribution in [3.05, 3.63) is 0 Å². The molecule has 1 rings (SSSR count). The van der Waals surface area contributed by atoms with Gasteiger partial charge in [-0.05, 0) is 5.92 Å². The molecule has 20 heavy (non-hydrogen) atoms. The van der Waals surface area contributed by atoms with E-state index in [9.17, 15) is 14.4 Å². The molecule has 1 atom stereocenters. The lowest BCUT2D eigenvalue weighted by Gasteiger charge is -2.43. The monoisotopic (exact) mass is 285 g/mol. The summed E-state index contributed by atoms with van der Waals surface area (Å²) in [4.78, 5) is 37.1. The number of likely N-dealkylation sites (tertiary alicyclic amines) is 1. The average Bonchev–Trinajstić information content (AvgIpc) is 2.24. The van der Waals surface area contributed by atoms with Crippen LogP contribution in [0, 0.1) is 17.8 Å². The summed E-state index contributed by atoms with van der Waals surface area (Å²) >= 11 is 0. The predicted octanol–water partition coefficient (Wildman–Crippen LogP) is 0.202. The Morgan fingerprint density at radius 1 is 1.30 bits per heavy atom. The van der Waals surface area contributed by atoms with Crippen LogP contribution < -0.4 is 5.73 Å². The molecular weight excluding hydrogens is 262 g/mol. The molecule has 1 saturated heterocycles.